The highest BCUT2D eigenvalue weighted by atomic mass is 16.7. The van der Waals surface area contributed by atoms with Crippen LogP contribution >= 0.6 is 0 Å². The zero-order valence-corrected chi connectivity index (χ0v) is 11.3. The van der Waals surface area contributed by atoms with Gasteiger partial charge in [-0.3, -0.25) is 9.59 Å². The van der Waals surface area contributed by atoms with Crippen molar-refractivity contribution in [3.8, 4) is 0 Å². The van der Waals surface area contributed by atoms with Crippen LogP contribution in [0, 0.1) is 0 Å². The molecule has 0 aliphatic heterocycles. The molecule has 0 radical (unpaired) electrons. The second kappa shape index (κ2) is 6.33. The highest BCUT2D eigenvalue weighted by Gasteiger charge is 2.43. The predicted octanol–water partition coefficient (Wildman–Crippen LogP) is 1.90. The highest BCUT2D eigenvalue weighted by Crippen LogP contribution is 2.30. The van der Waals surface area contributed by atoms with Gasteiger partial charge < -0.3 is 14.2 Å². The number of hydrogen-bond acceptors (Lipinski definition) is 5. The monoisotopic (exact) mass is 266 g/mol. The number of esters is 2. The molecule has 0 saturated carbocycles. The minimum atomic E-state index is -1.43. The van der Waals surface area contributed by atoms with Crippen LogP contribution in [0.15, 0.2) is 36.5 Å². The van der Waals surface area contributed by atoms with Crippen molar-refractivity contribution >= 4 is 11.9 Å². The number of ether oxygens (including phenoxy) is 3. The summed E-state index contributed by atoms with van der Waals surface area (Å²) in [6.45, 7) is 6.20. The first-order valence-corrected chi connectivity index (χ1v) is 5.86. The second-order valence-electron chi connectivity index (χ2n) is 4.12. The van der Waals surface area contributed by atoms with E-state index in [1.165, 1.54) is 21.0 Å². The summed E-state index contributed by atoms with van der Waals surface area (Å²) < 4.78 is 15.6. The second-order valence-corrected chi connectivity index (χ2v) is 4.12. The zero-order chi connectivity index (χ0) is 14.5. The molecule has 0 N–H and O–H groups in total. The molecule has 0 amide bonds. The van der Waals surface area contributed by atoms with Gasteiger partial charge >= 0.3 is 11.9 Å². The summed E-state index contributed by atoms with van der Waals surface area (Å²) in [4.78, 5) is 22.4. The fraction of sp³-hybridized carbons (Fsp3) is 0.429. The highest BCUT2D eigenvalue weighted by molar-refractivity contribution is 5.68. The summed E-state index contributed by atoms with van der Waals surface area (Å²) in [5.41, 5.74) is 0.863. The van der Waals surface area contributed by atoms with Crippen molar-refractivity contribution in [2.24, 2.45) is 0 Å². The molecule has 5 nitrogen and oxygen atoms in total. The lowest BCUT2D eigenvalue weighted by atomic mass is 9.96. The topological polar surface area (TPSA) is 61.8 Å². The van der Waals surface area contributed by atoms with Crippen LogP contribution in [0.1, 0.15) is 20.3 Å². The minimum absolute atomic E-state index is 0.483. The van der Waals surface area contributed by atoms with Crippen molar-refractivity contribution in [3.05, 3.63) is 36.5 Å². The van der Waals surface area contributed by atoms with Crippen LogP contribution < -0.4 is 0 Å². The third-order valence-electron chi connectivity index (χ3n) is 2.56. The summed E-state index contributed by atoms with van der Waals surface area (Å²) in [5, 5.41) is 0. The summed E-state index contributed by atoms with van der Waals surface area (Å²) in [5.74, 6) is -2.43. The Kier molecular flexibility index (Phi) is 5.06. The maximum absolute atomic E-state index is 11.3. The predicted molar refractivity (Wildman–Crippen MR) is 69.1 cm³/mol. The number of carbonyl (C=O) groups is 2. The molecule has 0 aromatic carbocycles. The smallest absolute Gasteiger partial charge is 0.305 e. The number of methoxy groups -OCH3 is 1. The van der Waals surface area contributed by atoms with Crippen molar-refractivity contribution in [3.63, 3.8) is 0 Å². The van der Waals surface area contributed by atoms with E-state index in [4.69, 9.17) is 14.2 Å². The summed E-state index contributed by atoms with van der Waals surface area (Å²) >= 11 is 0. The van der Waals surface area contributed by atoms with Gasteiger partial charge in [0.25, 0.3) is 5.79 Å². The van der Waals surface area contributed by atoms with E-state index >= 15 is 0 Å². The average Bonchev–Trinajstić information content (AvgIpc) is 2.31. The van der Waals surface area contributed by atoms with Crippen LogP contribution in [0.2, 0.25) is 0 Å². The summed E-state index contributed by atoms with van der Waals surface area (Å²) in [6.07, 6.45) is 6.55. The molecule has 19 heavy (non-hydrogen) atoms. The van der Waals surface area contributed by atoms with Gasteiger partial charge in [-0.1, -0.05) is 12.2 Å². The Morgan fingerprint density at radius 2 is 2.11 bits per heavy atom. The van der Waals surface area contributed by atoms with Gasteiger partial charge in [-0.15, -0.1) is 6.58 Å². The lowest BCUT2D eigenvalue weighted by Crippen LogP contribution is -2.48. The van der Waals surface area contributed by atoms with Gasteiger partial charge in [0.1, 0.15) is 0 Å². The molecule has 2 unspecified atom stereocenters. The van der Waals surface area contributed by atoms with Crippen LogP contribution in [-0.4, -0.2) is 30.9 Å². The van der Waals surface area contributed by atoms with Crippen LogP contribution in [0.3, 0.4) is 0 Å². The Morgan fingerprint density at radius 1 is 1.42 bits per heavy atom. The first-order chi connectivity index (χ1) is 8.93. The van der Waals surface area contributed by atoms with E-state index in [1.54, 1.807) is 24.3 Å². The Hall–Kier alpha value is -1.88. The quantitative estimate of drug-likeness (QED) is 0.432. The molecule has 104 valence electrons. The van der Waals surface area contributed by atoms with Crippen LogP contribution in [-0.2, 0) is 23.8 Å². The Balaban J connectivity index is 3.11. The van der Waals surface area contributed by atoms with Gasteiger partial charge in [-0.25, -0.2) is 0 Å². The van der Waals surface area contributed by atoms with E-state index in [-0.39, 0.29) is 0 Å². The Morgan fingerprint density at radius 3 is 2.58 bits per heavy atom. The van der Waals surface area contributed by atoms with Gasteiger partial charge in [-0.05, 0) is 24.1 Å². The molecule has 5 heteroatoms. The third-order valence-corrected chi connectivity index (χ3v) is 2.56. The molecule has 0 spiro atoms. The summed E-state index contributed by atoms with van der Waals surface area (Å²) in [6, 6.07) is 0. The molecular formula is C14H18O5. The lowest BCUT2D eigenvalue weighted by molar-refractivity contribution is -0.232. The maximum atomic E-state index is 11.3. The molecule has 0 aromatic rings. The van der Waals surface area contributed by atoms with Crippen molar-refractivity contribution in [1.29, 1.82) is 0 Å². The van der Waals surface area contributed by atoms with E-state index < -0.39 is 23.8 Å². The first kappa shape index (κ1) is 15.2. The van der Waals surface area contributed by atoms with E-state index in [9.17, 15) is 9.59 Å². The third kappa shape index (κ3) is 3.79. The average molecular weight is 266 g/mol. The molecule has 2 atom stereocenters. The number of rotatable bonds is 5. The molecule has 1 aliphatic carbocycles. The summed E-state index contributed by atoms with van der Waals surface area (Å²) in [7, 11) is 1.39. The van der Waals surface area contributed by atoms with Crippen LogP contribution in [0.5, 0.6) is 0 Å². The fourth-order valence-electron chi connectivity index (χ4n) is 1.86. The van der Waals surface area contributed by atoms with Crippen molar-refractivity contribution in [2.75, 3.05) is 7.11 Å². The SMILES string of the molecule is C=CCC1=CC(OC)(OC(C)=O)C(OC(C)=O)C=C1. The van der Waals surface area contributed by atoms with Crippen molar-refractivity contribution < 1.29 is 23.8 Å². The minimum Gasteiger partial charge on any atom is -0.451 e. The van der Waals surface area contributed by atoms with Gasteiger partial charge in [0.05, 0.1) is 0 Å². The molecule has 0 saturated heterocycles. The Bertz CT molecular complexity index is 435. The maximum Gasteiger partial charge on any atom is 0.305 e. The number of allylic oxidation sites excluding steroid dienone is 3. The van der Waals surface area contributed by atoms with E-state index in [1.807, 2.05) is 0 Å². The zero-order valence-electron chi connectivity index (χ0n) is 11.3. The van der Waals surface area contributed by atoms with Crippen molar-refractivity contribution in [1.82, 2.24) is 0 Å². The number of carbonyl (C=O) groups excluding carboxylic acids is 2. The van der Waals surface area contributed by atoms with Gasteiger partial charge in [-0.2, -0.15) is 0 Å². The molecule has 1 rings (SSSR count). The molecular weight excluding hydrogens is 248 g/mol. The first-order valence-electron chi connectivity index (χ1n) is 5.86. The lowest BCUT2D eigenvalue weighted by Gasteiger charge is -2.36. The normalized spacial score (nSPS) is 25.4. The van der Waals surface area contributed by atoms with Gasteiger partial charge in [0, 0.05) is 21.0 Å². The van der Waals surface area contributed by atoms with E-state index in [0.29, 0.717) is 6.42 Å². The van der Waals surface area contributed by atoms with Crippen LogP contribution in [0.4, 0.5) is 0 Å². The van der Waals surface area contributed by atoms with E-state index in [0.717, 1.165) is 5.57 Å². The van der Waals surface area contributed by atoms with Crippen LogP contribution in [0.25, 0.3) is 0 Å². The Labute approximate surface area is 112 Å². The molecule has 0 fully saturated rings. The fourth-order valence-corrected chi connectivity index (χ4v) is 1.86. The number of hydrogen-bond donors (Lipinski definition) is 0. The molecule has 1 aliphatic rings. The largest absolute Gasteiger partial charge is 0.451 e. The molecule has 0 aromatic heterocycles. The van der Waals surface area contributed by atoms with Gasteiger partial charge in [0.15, 0.2) is 6.10 Å². The van der Waals surface area contributed by atoms with E-state index in [2.05, 4.69) is 6.58 Å². The molecule has 0 heterocycles. The van der Waals surface area contributed by atoms with Gasteiger partial charge in [0.2, 0.25) is 0 Å². The van der Waals surface area contributed by atoms with Crippen molar-refractivity contribution in [2.45, 2.75) is 32.2 Å². The molecule has 0 bridgehead atoms. The standard InChI is InChI=1S/C14H18O5/c1-5-6-12-7-8-13(18-10(2)15)14(9-12,17-4)19-11(3)16/h5,7-9,13H,1,6H2,2-4H3.